The van der Waals surface area contributed by atoms with Gasteiger partial charge in [-0.1, -0.05) is 6.92 Å². The molecule has 2 aliphatic rings. The first-order valence-electron chi connectivity index (χ1n) is 14.4. The fourth-order valence-electron chi connectivity index (χ4n) is 7.00. The Kier molecular flexibility index (Phi) is 7.84. The van der Waals surface area contributed by atoms with Crippen molar-refractivity contribution in [2.75, 3.05) is 19.5 Å². The molecule has 6 rings (SSSR count). The Morgan fingerprint density at radius 3 is 2.48 bits per heavy atom. The number of aromatic nitrogens is 4. The Morgan fingerprint density at radius 1 is 1.05 bits per heavy atom. The van der Waals surface area contributed by atoms with Crippen LogP contribution in [0.15, 0.2) is 48.9 Å². The van der Waals surface area contributed by atoms with E-state index in [0.717, 1.165) is 24.0 Å². The number of nitrogens with two attached hydrogens (primary N) is 1. The SMILES string of the molecule is C[C@H]1C[C@@H](c2ccncc2Cc2ncc3ccc(-c4c(F)cc(C5CCOCC5)cc4F)nn23)C[C@@H](N)[C@H]1S(C)(=O)=O. The maximum absolute atomic E-state index is 15.4. The molecule has 4 heterocycles. The number of hydrogen-bond acceptors (Lipinski definition) is 7. The monoisotopic (exact) mass is 595 g/mol. The van der Waals surface area contributed by atoms with Crippen LogP contribution >= 0.6 is 0 Å². The van der Waals surface area contributed by atoms with E-state index in [0.29, 0.717) is 49.4 Å². The van der Waals surface area contributed by atoms with E-state index in [2.05, 4.69) is 15.1 Å². The first-order chi connectivity index (χ1) is 20.1. The molecule has 1 saturated carbocycles. The van der Waals surface area contributed by atoms with Gasteiger partial charge in [-0.2, -0.15) is 5.10 Å². The molecule has 42 heavy (non-hydrogen) atoms. The maximum atomic E-state index is 15.4. The Labute approximate surface area is 244 Å². The molecule has 1 saturated heterocycles. The van der Waals surface area contributed by atoms with Crippen molar-refractivity contribution in [2.24, 2.45) is 11.7 Å². The lowest BCUT2D eigenvalue weighted by Crippen LogP contribution is -2.48. The van der Waals surface area contributed by atoms with E-state index in [1.807, 2.05) is 13.0 Å². The summed E-state index contributed by atoms with van der Waals surface area (Å²) < 4.78 is 62.4. The van der Waals surface area contributed by atoms with E-state index in [4.69, 9.17) is 10.5 Å². The van der Waals surface area contributed by atoms with Crippen LogP contribution in [0, 0.1) is 17.6 Å². The van der Waals surface area contributed by atoms with Crippen LogP contribution in [0.5, 0.6) is 0 Å². The smallest absolute Gasteiger partial charge is 0.152 e. The Bertz CT molecular complexity index is 1690. The molecule has 0 unspecified atom stereocenters. The van der Waals surface area contributed by atoms with Gasteiger partial charge >= 0.3 is 0 Å². The van der Waals surface area contributed by atoms with Gasteiger partial charge in [-0.3, -0.25) is 4.98 Å². The molecule has 1 aliphatic carbocycles. The highest BCUT2D eigenvalue weighted by Crippen LogP contribution is 2.40. The molecule has 2 N–H and O–H groups in total. The largest absolute Gasteiger partial charge is 0.381 e. The summed E-state index contributed by atoms with van der Waals surface area (Å²) in [7, 11) is -3.26. The number of rotatable bonds is 6. The lowest BCUT2D eigenvalue weighted by Gasteiger charge is -2.38. The molecule has 0 amide bonds. The number of pyridine rings is 1. The Hall–Kier alpha value is -3.28. The van der Waals surface area contributed by atoms with Crippen molar-refractivity contribution in [3.8, 4) is 11.3 Å². The van der Waals surface area contributed by atoms with E-state index in [9.17, 15) is 8.42 Å². The number of imidazole rings is 1. The predicted molar refractivity (Wildman–Crippen MR) is 156 cm³/mol. The van der Waals surface area contributed by atoms with E-state index < -0.39 is 32.8 Å². The van der Waals surface area contributed by atoms with Gasteiger partial charge in [0.05, 0.1) is 28.2 Å². The van der Waals surface area contributed by atoms with Crippen LogP contribution in [0.4, 0.5) is 8.78 Å². The number of benzene rings is 1. The number of sulfone groups is 1. The molecular formula is C31H35F2N5O3S. The Balaban J connectivity index is 1.30. The van der Waals surface area contributed by atoms with Gasteiger partial charge in [0, 0.05) is 44.3 Å². The van der Waals surface area contributed by atoms with Crippen LogP contribution < -0.4 is 5.73 Å². The zero-order valence-electron chi connectivity index (χ0n) is 23.7. The van der Waals surface area contributed by atoms with Crippen LogP contribution in [-0.2, 0) is 21.0 Å². The number of halogens is 2. The standard InChI is InChI=1S/C31H35F2N5O3S/c1-18-11-21(14-27(34)31(18)42(2,39)40)24-5-8-35-16-22(24)15-29-36-17-23-3-4-28(37-38(23)29)30-25(32)12-20(13-26(30)33)19-6-9-41-10-7-19/h3-5,8,12-13,16-19,21,27,31H,6-7,9-11,14-15,34H2,1-2H3/t18-,21+,27+,31-/m0/s1. The van der Waals surface area contributed by atoms with Crippen molar-refractivity contribution < 1.29 is 21.9 Å². The summed E-state index contributed by atoms with van der Waals surface area (Å²) in [5.74, 6) is -0.639. The van der Waals surface area contributed by atoms with E-state index in [1.165, 1.54) is 18.4 Å². The molecule has 4 atom stereocenters. The van der Waals surface area contributed by atoms with Crippen LogP contribution in [0.1, 0.15) is 67.0 Å². The van der Waals surface area contributed by atoms with Crippen molar-refractivity contribution in [1.82, 2.24) is 19.6 Å². The fourth-order valence-corrected chi connectivity index (χ4v) is 8.70. The number of nitrogens with zero attached hydrogens (tertiary/aromatic N) is 4. The fraction of sp³-hybridized carbons (Fsp3) is 0.452. The second-order valence-electron chi connectivity index (χ2n) is 11.8. The average Bonchev–Trinajstić information content (AvgIpc) is 3.34. The second kappa shape index (κ2) is 11.4. The van der Waals surface area contributed by atoms with E-state index >= 15 is 8.78 Å². The summed E-state index contributed by atoms with van der Waals surface area (Å²) >= 11 is 0. The van der Waals surface area contributed by atoms with Gasteiger partial charge in [0.25, 0.3) is 0 Å². The van der Waals surface area contributed by atoms with Crippen molar-refractivity contribution >= 4 is 15.4 Å². The molecule has 1 aromatic carbocycles. The van der Waals surface area contributed by atoms with Gasteiger partial charge in [0.2, 0.25) is 0 Å². The molecule has 2 fully saturated rings. The number of ether oxygens (including phenoxy) is 1. The zero-order chi connectivity index (χ0) is 29.6. The molecule has 8 nitrogen and oxygen atoms in total. The average molecular weight is 596 g/mol. The molecule has 4 aromatic rings. The summed E-state index contributed by atoms with van der Waals surface area (Å²) in [4.78, 5) is 8.91. The first kappa shape index (κ1) is 28.8. The van der Waals surface area contributed by atoms with Gasteiger partial charge in [-0.25, -0.2) is 26.7 Å². The van der Waals surface area contributed by atoms with Gasteiger partial charge in [-0.15, -0.1) is 0 Å². The van der Waals surface area contributed by atoms with Crippen molar-refractivity contribution in [3.05, 3.63) is 83.1 Å². The van der Waals surface area contributed by atoms with Gasteiger partial charge in [0.1, 0.15) is 17.5 Å². The summed E-state index contributed by atoms with van der Waals surface area (Å²) in [6, 6.07) is 7.69. The first-order valence-corrected chi connectivity index (χ1v) is 16.3. The van der Waals surface area contributed by atoms with Gasteiger partial charge < -0.3 is 10.5 Å². The molecule has 0 radical (unpaired) electrons. The van der Waals surface area contributed by atoms with Crippen LogP contribution in [0.3, 0.4) is 0 Å². The summed E-state index contributed by atoms with van der Waals surface area (Å²) in [6.45, 7) is 3.12. The molecule has 222 valence electrons. The third-order valence-corrected chi connectivity index (χ3v) is 10.7. The molecule has 0 spiro atoms. The minimum Gasteiger partial charge on any atom is -0.381 e. The van der Waals surface area contributed by atoms with E-state index in [-0.39, 0.29) is 29.0 Å². The number of fused-ring (bicyclic) bond motifs is 1. The topological polar surface area (TPSA) is 112 Å². The van der Waals surface area contributed by atoms with Crippen molar-refractivity contribution in [2.45, 2.75) is 62.2 Å². The van der Waals surface area contributed by atoms with Crippen LogP contribution in [0.25, 0.3) is 16.8 Å². The molecule has 11 heteroatoms. The van der Waals surface area contributed by atoms with Gasteiger partial charge in [-0.05, 0) is 90.5 Å². The number of hydrogen-bond donors (Lipinski definition) is 1. The highest BCUT2D eigenvalue weighted by atomic mass is 32.2. The molecule has 3 aromatic heterocycles. The highest BCUT2D eigenvalue weighted by molar-refractivity contribution is 7.91. The molecule has 1 aliphatic heterocycles. The third-order valence-electron chi connectivity index (χ3n) is 8.89. The lowest BCUT2D eigenvalue weighted by atomic mass is 9.75. The minimum absolute atomic E-state index is 0.0678. The summed E-state index contributed by atoms with van der Waals surface area (Å²) in [6.07, 6.45) is 9.55. The van der Waals surface area contributed by atoms with Crippen LogP contribution in [0.2, 0.25) is 0 Å². The summed E-state index contributed by atoms with van der Waals surface area (Å²) in [5, 5.41) is 4.05. The van der Waals surface area contributed by atoms with E-state index in [1.54, 1.807) is 35.2 Å². The lowest BCUT2D eigenvalue weighted by molar-refractivity contribution is 0.0852. The maximum Gasteiger partial charge on any atom is 0.152 e. The Morgan fingerprint density at radius 2 is 1.79 bits per heavy atom. The quantitative estimate of drug-likeness (QED) is 0.341. The highest BCUT2D eigenvalue weighted by Gasteiger charge is 2.40. The summed E-state index contributed by atoms with van der Waals surface area (Å²) in [5.41, 5.74) is 9.74. The van der Waals surface area contributed by atoms with Crippen molar-refractivity contribution in [3.63, 3.8) is 0 Å². The molecular weight excluding hydrogens is 560 g/mol. The minimum atomic E-state index is -3.26. The zero-order valence-corrected chi connectivity index (χ0v) is 24.5. The normalized spacial score (nSPS) is 23.8. The predicted octanol–water partition coefficient (Wildman–Crippen LogP) is 4.81. The second-order valence-corrected chi connectivity index (χ2v) is 14.0. The van der Waals surface area contributed by atoms with Crippen LogP contribution in [-0.4, -0.2) is 58.8 Å². The van der Waals surface area contributed by atoms with Crippen molar-refractivity contribution in [1.29, 1.82) is 0 Å². The molecule has 0 bridgehead atoms. The third kappa shape index (κ3) is 5.57. The van der Waals surface area contributed by atoms with Gasteiger partial charge in [0.15, 0.2) is 9.84 Å².